The van der Waals surface area contributed by atoms with Crippen LogP contribution in [-0.2, 0) is 0 Å². The lowest BCUT2D eigenvalue weighted by atomic mass is 9.89. The molecule has 1 heterocycles. The van der Waals surface area contributed by atoms with Crippen molar-refractivity contribution in [1.82, 2.24) is 0 Å². The molecule has 0 bridgehead atoms. The summed E-state index contributed by atoms with van der Waals surface area (Å²) in [5.41, 5.74) is 7.74. The second-order valence-corrected chi connectivity index (χ2v) is 31.9. The first kappa shape index (κ1) is 48.8. The zero-order valence-corrected chi connectivity index (χ0v) is 39.7. The van der Waals surface area contributed by atoms with Crippen LogP contribution in [0.15, 0.2) is 121 Å². The van der Waals surface area contributed by atoms with Gasteiger partial charge in [0.2, 0.25) is 0 Å². The Labute approximate surface area is 369 Å². The largest absolute Gasteiger partial charge is 0.396 e. The van der Waals surface area contributed by atoms with E-state index in [2.05, 4.69) is 121 Å². The predicted molar refractivity (Wildman–Crippen MR) is 264 cm³/mol. The van der Waals surface area contributed by atoms with E-state index in [0.717, 1.165) is 112 Å². The molecule has 1 aliphatic rings. The Morgan fingerprint density at radius 2 is 0.525 bits per heavy atom. The van der Waals surface area contributed by atoms with Crippen molar-refractivity contribution >= 4 is 45.8 Å². The van der Waals surface area contributed by atoms with Gasteiger partial charge in [-0.1, -0.05) is 183 Å². The van der Waals surface area contributed by atoms with Crippen LogP contribution >= 0.6 is 0 Å². The van der Waals surface area contributed by atoms with Gasteiger partial charge in [0.25, 0.3) is 0 Å². The highest BCUT2D eigenvalue weighted by molar-refractivity contribution is 7.14. The summed E-state index contributed by atoms with van der Waals surface area (Å²) in [4.78, 5) is 0. The van der Waals surface area contributed by atoms with E-state index < -0.39 is 24.2 Å². The highest BCUT2D eigenvalue weighted by atomic mass is 28.3. The Morgan fingerprint density at radius 1 is 0.295 bits per heavy atom. The maximum atomic E-state index is 10.1. The van der Waals surface area contributed by atoms with E-state index in [4.69, 9.17) is 0 Å². The lowest BCUT2D eigenvalue weighted by molar-refractivity contribution is 0.287. The molecule has 0 spiro atoms. The summed E-state index contributed by atoms with van der Waals surface area (Å²) < 4.78 is 0. The first-order valence-electron chi connectivity index (χ1n) is 23.3. The van der Waals surface area contributed by atoms with Crippen LogP contribution in [0.4, 0.5) is 0 Å². The van der Waals surface area contributed by atoms with Gasteiger partial charge in [0, 0.05) is 39.6 Å². The zero-order chi connectivity index (χ0) is 43.2. The quantitative estimate of drug-likeness (QED) is 0.0290. The van der Waals surface area contributed by atoms with Crippen LogP contribution in [0.5, 0.6) is 0 Å². The molecule has 4 aromatic carbocycles. The average Bonchev–Trinajstić information content (AvgIpc) is 3.61. The molecule has 0 atom stereocenters. The van der Waals surface area contributed by atoms with Crippen molar-refractivity contribution in [2.24, 2.45) is 0 Å². The van der Waals surface area contributed by atoms with E-state index in [-0.39, 0.29) is 39.6 Å². The third-order valence-electron chi connectivity index (χ3n) is 13.8. The van der Waals surface area contributed by atoms with Crippen LogP contribution in [0.1, 0.15) is 73.6 Å². The predicted octanol–water partition coefficient (Wildman–Crippen LogP) is 10.7. The van der Waals surface area contributed by atoms with Gasteiger partial charge in [0.05, 0.1) is 16.1 Å². The summed E-state index contributed by atoms with van der Waals surface area (Å²) in [5.74, 6) is 0. The van der Waals surface area contributed by atoms with E-state index in [1.807, 2.05) is 0 Å². The maximum Gasteiger partial charge on any atom is 0.121 e. The van der Waals surface area contributed by atoms with Gasteiger partial charge in [0.1, 0.15) is 8.07 Å². The van der Waals surface area contributed by atoms with Crippen molar-refractivity contribution in [2.75, 3.05) is 39.6 Å². The number of hydrogen-bond acceptors (Lipinski definition) is 6. The van der Waals surface area contributed by atoms with Crippen LogP contribution in [-0.4, -0.2) is 94.5 Å². The van der Waals surface area contributed by atoms with Crippen molar-refractivity contribution in [1.29, 1.82) is 0 Å². The second-order valence-electron chi connectivity index (χ2n) is 17.7. The molecule has 0 fully saturated rings. The Morgan fingerprint density at radius 3 is 0.770 bits per heavy atom. The van der Waals surface area contributed by atoms with Gasteiger partial charge in [-0.2, -0.15) is 0 Å². The molecule has 6 N–H and O–H groups in total. The summed E-state index contributed by atoms with van der Waals surface area (Å²) in [7, 11) is -6.72. The molecule has 0 saturated heterocycles. The van der Waals surface area contributed by atoms with Crippen LogP contribution in [0.3, 0.4) is 0 Å². The Hall–Kier alpha value is -3.23. The van der Waals surface area contributed by atoms with Gasteiger partial charge in [-0.25, -0.2) is 0 Å². The minimum atomic E-state index is -2.74. The number of rotatable bonds is 30. The summed E-state index contributed by atoms with van der Waals surface area (Å²) in [6, 6.07) is 54.9. The number of aliphatic hydroxyl groups excluding tert-OH is 6. The summed E-state index contributed by atoms with van der Waals surface area (Å²) in [6.45, 7) is 1.02. The lowest BCUT2D eigenvalue weighted by Crippen LogP contribution is -2.40. The molecule has 0 saturated carbocycles. The number of hydrogen-bond donors (Lipinski definition) is 6. The Balaban J connectivity index is 1.80. The normalized spacial score (nSPS) is 14.3. The molecule has 0 amide bonds. The minimum Gasteiger partial charge on any atom is -0.396 e. The molecule has 330 valence electrons. The molecule has 5 rings (SSSR count). The zero-order valence-electron chi connectivity index (χ0n) is 36.7. The fraction of sp³-hybridized carbons (Fsp3) is 0.462. The van der Waals surface area contributed by atoms with Crippen molar-refractivity contribution in [3.05, 3.63) is 144 Å². The number of allylic oxidation sites excluding steroid dienone is 2. The van der Waals surface area contributed by atoms with Crippen LogP contribution in [0, 0.1) is 0 Å². The third kappa shape index (κ3) is 12.9. The smallest absolute Gasteiger partial charge is 0.121 e. The van der Waals surface area contributed by atoms with Gasteiger partial charge in [0.15, 0.2) is 0 Å². The molecule has 6 nitrogen and oxygen atoms in total. The molecule has 0 radical (unpaired) electrons. The van der Waals surface area contributed by atoms with Crippen LogP contribution < -0.4 is 0 Å². The van der Waals surface area contributed by atoms with Gasteiger partial charge in [-0.3, -0.25) is 0 Å². The van der Waals surface area contributed by atoms with Gasteiger partial charge in [-0.15, -0.1) is 0 Å². The molecular formula is C52H74O6Si3. The van der Waals surface area contributed by atoms with E-state index in [1.165, 1.54) is 43.8 Å². The lowest BCUT2D eigenvalue weighted by Gasteiger charge is -2.39. The highest BCUT2D eigenvalue weighted by Crippen LogP contribution is 2.59. The number of benzene rings is 4. The summed E-state index contributed by atoms with van der Waals surface area (Å²) in [5, 5.41) is 63.7. The van der Waals surface area contributed by atoms with E-state index >= 15 is 0 Å². The molecule has 0 unspecified atom stereocenters. The van der Waals surface area contributed by atoms with E-state index in [9.17, 15) is 30.6 Å². The monoisotopic (exact) mass is 878 g/mol. The molecule has 9 heteroatoms. The fourth-order valence-corrected chi connectivity index (χ4v) is 28.1. The molecule has 61 heavy (non-hydrogen) atoms. The van der Waals surface area contributed by atoms with Crippen molar-refractivity contribution in [2.45, 2.75) is 112 Å². The molecule has 0 aromatic heterocycles. The Bertz CT molecular complexity index is 1710. The SMILES string of the molecule is OCCC[Si](CCCO)(CCCO)CCC[Si]1(CCC[Si](CCCO)(CCCO)CCCO)C(c2ccccc2)=C(c2ccccc2)C(c2ccccc2)=C1c1ccccc1. The summed E-state index contributed by atoms with van der Waals surface area (Å²) in [6.07, 6.45) is 6.74. The minimum absolute atomic E-state index is 0.169. The Kier molecular flexibility index (Phi) is 20.6. The van der Waals surface area contributed by atoms with Crippen molar-refractivity contribution < 1.29 is 30.6 Å². The molecule has 0 aliphatic carbocycles. The molecular weight excluding hydrogens is 805 g/mol. The van der Waals surface area contributed by atoms with Gasteiger partial charge in [-0.05, 0) is 94.4 Å². The molecule has 1 aliphatic heterocycles. The fourth-order valence-electron chi connectivity index (χ4n) is 11.1. The first-order valence-corrected chi connectivity index (χ1v) is 31.4. The average molecular weight is 879 g/mol. The van der Waals surface area contributed by atoms with Gasteiger partial charge < -0.3 is 30.6 Å². The standard InChI is InChI=1S/C52H74O6Si3/c53-29-13-35-59(36-14-30-54,37-15-31-55)41-19-43-61(44-20-42-60(38-16-32-56,39-17-33-57)40-18-34-58)51(47-25-9-3-10-26-47)49(45-21-5-1-6-22-45)50(46-23-7-2-8-24-46)52(61)48-27-11-4-12-28-48/h1-12,21-28,53-58H,13-20,29-44H2. The van der Waals surface area contributed by atoms with Gasteiger partial charge >= 0.3 is 0 Å². The van der Waals surface area contributed by atoms with Crippen LogP contribution in [0.25, 0.3) is 21.5 Å². The van der Waals surface area contributed by atoms with Crippen molar-refractivity contribution in [3.63, 3.8) is 0 Å². The van der Waals surface area contributed by atoms with E-state index in [1.54, 1.807) is 0 Å². The third-order valence-corrected chi connectivity index (χ3v) is 30.5. The van der Waals surface area contributed by atoms with Crippen LogP contribution in [0.2, 0.25) is 60.4 Å². The summed E-state index contributed by atoms with van der Waals surface area (Å²) >= 11 is 0. The van der Waals surface area contributed by atoms with Crippen molar-refractivity contribution in [3.8, 4) is 0 Å². The number of aliphatic hydroxyl groups is 6. The highest BCUT2D eigenvalue weighted by Gasteiger charge is 2.50. The van der Waals surface area contributed by atoms with E-state index in [0.29, 0.717) is 0 Å². The topological polar surface area (TPSA) is 121 Å². The first-order chi connectivity index (χ1) is 30.0. The maximum absolute atomic E-state index is 10.1. The molecule has 4 aromatic rings. The second kappa shape index (κ2) is 25.8.